The van der Waals surface area contributed by atoms with Crippen LogP contribution >= 0.6 is 0 Å². The van der Waals surface area contributed by atoms with Crippen LogP contribution in [0.5, 0.6) is 11.5 Å². The van der Waals surface area contributed by atoms with Crippen molar-refractivity contribution in [2.75, 3.05) is 13.2 Å². The van der Waals surface area contributed by atoms with Crippen LogP contribution in [0.15, 0.2) is 60.7 Å². The lowest BCUT2D eigenvalue weighted by Gasteiger charge is -2.16. The van der Waals surface area contributed by atoms with Crippen molar-refractivity contribution in [2.24, 2.45) is 0 Å². The number of benzene rings is 3. The van der Waals surface area contributed by atoms with Crippen LogP contribution in [0.25, 0.3) is 24.3 Å². The fourth-order valence-corrected chi connectivity index (χ4v) is 6.49. The predicted molar refractivity (Wildman–Crippen MR) is 224 cm³/mol. The molecule has 0 saturated carbocycles. The highest BCUT2D eigenvalue weighted by Crippen LogP contribution is 2.33. The molecule has 52 heavy (non-hydrogen) atoms. The van der Waals surface area contributed by atoms with Crippen molar-refractivity contribution in [3.63, 3.8) is 0 Å². The zero-order valence-corrected chi connectivity index (χ0v) is 32.8. The largest absolute Gasteiger partial charge is 0.493 e. The Morgan fingerprint density at radius 2 is 0.712 bits per heavy atom. The van der Waals surface area contributed by atoms with Gasteiger partial charge in [0.05, 0.1) is 26.4 Å². The van der Waals surface area contributed by atoms with Gasteiger partial charge in [0.15, 0.2) is 0 Å². The normalized spacial score (nSPS) is 11.6. The van der Waals surface area contributed by atoms with Gasteiger partial charge in [-0.1, -0.05) is 202 Å². The Labute approximate surface area is 317 Å². The van der Waals surface area contributed by atoms with Crippen molar-refractivity contribution < 1.29 is 19.7 Å². The van der Waals surface area contributed by atoms with E-state index in [2.05, 4.69) is 50.3 Å². The molecule has 0 heterocycles. The Morgan fingerprint density at radius 3 is 1.02 bits per heavy atom. The molecule has 4 heteroatoms. The number of hydrogen-bond acceptors (Lipinski definition) is 4. The van der Waals surface area contributed by atoms with Crippen LogP contribution in [-0.4, -0.2) is 23.4 Å². The standard InChI is InChI=1S/C48H70O4/c1-3-5-7-9-11-13-15-17-19-21-35-51-47-37-46(34-32-42-25-29-44(40-50)30-26-42)48(52-36-22-20-18-16-14-12-10-8-6-4-2)38-45(47)33-31-41-23-27-43(39-49)28-24-41/h23-34,37-38,49-50H,3-22,35-36,39-40H2,1-2H3/b33-31+,34-32+. The van der Waals surface area contributed by atoms with E-state index in [0.29, 0.717) is 13.2 Å². The topological polar surface area (TPSA) is 58.9 Å². The molecular formula is C48H70O4. The highest BCUT2D eigenvalue weighted by molar-refractivity contribution is 5.79. The van der Waals surface area contributed by atoms with Gasteiger partial charge in [-0.15, -0.1) is 0 Å². The van der Waals surface area contributed by atoms with Gasteiger partial charge in [0.25, 0.3) is 0 Å². The van der Waals surface area contributed by atoms with Crippen molar-refractivity contribution in [2.45, 2.75) is 155 Å². The van der Waals surface area contributed by atoms with Gasteiger partial charge in [0.1, 0.15) is 11.5 Å². The van der Waals surface area contributed by atoms with Gasteiger partial charge in [0.2, 0.25) is 0 Å². The van der Waals surface area contributed by atoms with E-state index < -0.39 is 0 Å². The van der Waals surface area contributed by atoms with Crippen molar-refractivity contribution in [1.82, 2.24) is 0 Å². The van der Waals surface area contributed by atoms with Crippen molar-refractivity contribution in [3.8, 4) is 11.5 Å². The van der Waals surface area contributed by atoms with Crippen molar-refractivity contribution >= 4 is 24.3 Å². The fourth-order valence-electron chi connectivity index (χ4n) is 6.49. The molecule has 0 unspecified atom stereocenters. The molecule has 0 radical (unpaired) electrons. The van der Waals surface area contributed by atoms with E-state index >= 15 is 0 Å². The van der Waals surface area contributed by atoms with Crippen molar-refractivity contribution in [3.05, 3.63) is 94.0 Å². The van der Waals surface area contributed by atoms with Crippen LogP contribution in [0.3, 0.4) is 0 Å². The third kappa shape index (κ3) is 18.4. The molecule has 0 aliphatic carbocycles. The molecule has 3 aromatic carbocycles. The van der Waals surface area contributed by atoms with E-state index in [1.807, 2.05) is 48.5 Å². The van der Waals surface area contributed by atoms with Crippen LogP contribution in [0.2, 0.25) is 0 Å². The lowest BCUT2D eigenvalue weighted by atomic mass is 10.0. The summed E-state index contributed by atoms with van der Waals surface area (Å²) >= 11 is 0. The number of unbranched alkanes of at least 4 members (excludes halogenated alkanes) is 18. The molecule has 0 amide bonds. The van der Waals surface area contributed by atoms with Gasteiger partial charge >= 0.3 is 0 Å². The van der Waals surface area contributed by atoms with Crippen LogP contribution in [0.1, 0.15) is 176 Å². The summed E-state index contributed by atoms with van der Waals surface area (Å²) in [4.78, 5) is 0. The summed E-state index contributed by atoms with van der Waals surface area (Å²) in [5, 5.41) is 19.0. The molecule has 2 N–H and O–H groups in total. The van der Waals surface area contributed by atoms with Crippen LogP contribution < -0.4 is 9.47 Å². The lowest BCUT2D eigenvalue weighted by molar-refractivity contribution is 0.281. The fraction of sp³-hybridized carbons (Fsp3) is 0.542. The predicted octanol–water partition coefficient (Wildman–Crippen LogP) is 13.6. The minimum atomic E-state index is 0.0429. The summed E-state index contributed by atoms with van der Waals surface area (Å²) in [6.07, 6.45) is 34.4. The number of aliphatic hydroxyl groups excluding tert-OH is 2. The van der Waals surface area contributed by atoms with Gasteiger partial charge in [-0.2, -0.15) is 0 Å². The minimum Gasteiger partial charge on any atom is -0.493 e. The number of rotatable bonds is 30. The Balaban J connectivity index is 1.70. The molecule has 3 rings (SSSR count). The van der Waals surface area contributed by atoms with Gasteiger partial charge < -0.3 is 19.7 Å². The molecule has 286 valence electrons. The SMILES string of the molecule is CCCCCCCCCCCCOc1cc(/C=C/c2ccc(CO)cc2)c(OCCCCCCCCCCCC)cc1/C=C/c1ccc(CO)cc1. The zero-order chi connectivity index (χ0) is 36.9. The van der Waals surface area contributed by atoms with E-state index in [0.717, 1.165) is 57.7 Å². The molecule has 0 fully saturated rings. The molecular weight excluding hydrogens is 641 g/mol. The summed E-state index contributed by atoms with van der Waals surface area (Å²) in [5.41, 5.74) is 5.95. The molecule has 0 aliphatic heterocycles. The van der Waals surface area contributed by atoms with E-state index in [4.69, 9.17) is 9.47 Å². The molecule has 0 aliphatic rings. The Kier molecular flexibility index (Phi) is 23.4. The first-order chi connectivity index (χ1) is 25.7. The highest BCUT2D eigenvalue weighted by atomic mass is 16.5. The van der Waals surface area contributed by atoms with Crippen LogP contribution in [0.4, 0.5) is 0 Å². The zero-order valence-electron chi connectivity index (χ0n) is 32.8. The summed E-state index contributed by atoms with van der Waals surface area (Å²) < 4.78 is 13.0. The first-order valence-electron chi connectivity index (χ1n) is 20.9. The first kappa shape index (κ1) is 43.1. The van der Waals surface area contributed by atoms with E-state index in [-0.39, 0.29) is 13.2 Å². The third-order valence-electron chi connectivity index (χ3n) is 9.89. The maximum atomic E-state index is 9.49. The van der Waals surface area contributed by atoms with Gasteiger partial charge in [0, 0.05) is 11.1 Å². The number of ether oxygens (including phenoxy) is 2. The van der Waals surface area contributed by atoms with E-state index in [1.54, 1.807) is 0 Å². The molecule has 0 aromatic heterocycles. The summed E-state index contributed by atoms with van der Waals surface area (Å²) in [7, 11) is 0. The molecule has 0 spiro atoms. The molecule has 4 nitrogen and oxygen atoms in total. The second-order valence-corrected chi connectivity index (χ2v) is 14.5. The van der Waals surface area contributed by atoms with E-state index in [9.17, 15) is 10.2 Å². The van der Waals surface area contributed by atoms with Gasteiger partial charge in [-0.05, 0) is 47.2 Å². The average molecular weight is 711 g/mol. The summed E-state index contributed by atoms with van der Waals surface area (Å²) in [6.45, 7) is 6.01. The second kappa shape index (κ2) is 28.2. The molecule has 3 aromatic rings. The second-order valence-electron chi connectivity index (χ2n) is 14.5. The molecule has 0 bridgehead atoms. The first-order valence-corrected chi connectivity index (χ1v) is 20.9. The smallest absolute Gasteiger partial charge is 0.127 e. The third-order valence-corrected chi connectivity index (χ3v) is 9.89. The molecule has 0 atom stereocenters. The average Bonchev–Trinajstić information content (AvgIpc) is 3.18. The highest BCUT2D eigenvalue weighted by Gasteiger charge is 2.11. The van der Waals surface area contributed by atoms with Crippen molar-refractivity contribution in [1.29, 1.82) is 0 Å². The van der Waals surface area contributed by atoms with Gasteiger partial charge in [-0.25, -0.2) is 0 Å². The number of hydrogen-bond donors (Lipinski definition) is 2. The maximum absolute atomic E-state index is 9.49. The Bertz CT molecular complexity index is 1270. The van der Waals surface area contributed by atoms with Crippen LogP contribution in [0, 0.1) is 0 Å². The lowest BCUT2D eigenvalue weighted by Crippen LogP contribution is -2.03. The quantitative estimate of drug-likeness (QED) is 0.0534. The maximum Gasteiger partial charge on any atom is 0.127 e. The monoisotopic (exact) mass is 711 g/mol. The number of aliphatic hydroxyl groups is 2. The Hall–Kier alpha value is -3.34. The van der Waals surface area contributed by atoms with Crippen LogP contribution in [-0.2, 0) is 13.2 Å². The Morgan fingerprint density at radius 1 is 0.404 bits per heavy atom. The summed E-state index contributed by atoms with van der Waals surface area (Å²) in [5.74, 6) is 1.72. The van der Waals surface area contributed by atoms with Gasteiger partial charge in [-0.3, -0.25) is 0 Å². The minimum absolute atomic E-state index is 0.0429. The summed E-state index contributed by atoms with van der Waals surface area (Å²) in [6, 6.07) is 20.3. The molecule has 0 saturated heterocycles. The van der Waals surface area contributed by atoms with E-state index in [1.165, 1.54) is 116 Å².